The third-order valence-electron chi connectivity index (χ3n) is 5.17. The first-order valence-electron chi connectivity index (χ1n) is 10.5. The van der Waals surface area contributed by atoms with E-state index in [1.807, 2.05) is 38.1 Å². The molecular weight excluding hydrogens is 412 g/mol. The molecule has 0 spiro atoms. The van der Waals surface area contributed by atoms with Gasteiger partial charge in [0.2, 0.25) is 11.0 Å². The molecule has 1 amide bonds. The van der Waals surface area contributed by atoms with Crippen molar-refractivity contribution >= 4 is 34.1 Å². The quantitative estimate of drug-likeness (QED) is 0.572. The molecule has 1 saturated carbocycles. The van der Waals surface area contributed by atoms with E-state index >= 15 is 0 Å². The second-order valence-electron chi connectivity index (χ2n) is 7.84. The molecule has 9 heteroatoms. The largest absolute Gasteiger partial charge is 0.489 e. The Hall–Kier alpha value is -3.07. The van der Waals surface area contributed by atoms with E-state index < -0.39 is 0 Å². The van der Waals surface area contributed by atoms with Gasteiger partial charge in [-0.1, -0.05) is 12.8 Å². The van der Waals surface area contributed by atoms with Gasteiger partial charge in [0.1, 0.15) is 11.4 Å². The zero-order chi connectivity index (χ0) is 21.8. The number of nitrogens with zero attached hydrogens (tertiary/aromatic N) is 5. The molecule has 0 atom stereocenters. The molecule has 162 valence electrons. The summed E-state index contributed by atoms with van der Waals surface area (Å²) in [7, 11) is 1.80. The molecule has 1 fully saturated rings. The lowest BCUT2D eigenvalue weighted by Gasteiger charge is -2.22. The summed E-state index contributed by atoms with van der Waals surface area (Å²) < 4.78 is 10.0. The van der Waals surface area contributed by atoms with Crippen LogP contribution in [-0.2, 0) is 4.79 Å². The van der Waals surface area contributed by atoms with Gasteiger partial charge >= 0.3 is 0 Å². The highest BCUT2D eigenvalue weighted by atomic mass is 32.1. The third kappa shape index (κ3) is 4.99. The highest BCUT2D eigenvalue weighted by Crippen LogP contribution is 2.32. The number of ether oxygens (including phenoxy) is 1. The Balaban J connectivity index is 1.49. The fraction of sp³-hybridized carbons (Fsp3) is 0.409. The van der Waals surface area contributed by atoms with Crippen molar-refractivity contribution in [3.63, 3.8) is 0 Å². The standard InChI is InChI=1S/C22H26N6O2S/c1-14(2)30-16-10-11-17(24-13-16)19-25-22(31-27-19)26-20-18(9-6-12-23-20)28(3)21(29)15-7-4-5-8-15/h6,9-15H,4-5,7-8H2,1-3H3,(H,23,25,26,27). The SMILES string of the molecule is CC(C)Oc1ccc(-c2nsc(Nc3ncccc3N(C)C(=O)C3CCCC3)n2)nc1. The predicted octanol–water partition coefficient (Wildman–Crippen LogP) is 4.68. The summed E-state index contributed by atoms with van der Waals surface area (Å²) in [5.41, 5.74) is 1.39. The number of anilines is 3. The second-order valence-corrected chi connectivity index (χ2v) is 8.60. The van der Waals surface area contributed by atoms with Crippen LogP contribution in [0.4, 0.5) is 16.6 Å². The topological polar surface area (TPSA) is 93.1 Å². The normalized spacial score (nSPS) is 14.1. The van der Waals surface area contributed by atoms with Gasteiger partial charge < -0.3 is 15.0 Å². The zero-order valence-corrected chi connectivity index (χ0v) is 18.7. The Morgan fingerprint density at radius 2 is 2.03 bits per heavy atom. The number of hydrogen-bond donors (Lipinski definition) is 1. The fourth-order valence-corrected chi connectivity index (χ4v) is 4.24. The maximum atomic E-state index is 12.9. The molecule has 0 aliphatic heterocycles. The van der Waals surface area contributed by atoms with Crippen molar-refractivity contribution in [2.45, 2.75) is 45.6 Å². The molecule has 0 bridgehead atoms. The van der Waals surface area contributed by atoms with Gasteiger partial charge in [0.15, 0.2) is 11.6 Å². The van der Waals surface area contributed by atoms with Gasteiger partial charge in [-0.25, -0.2) is 9.97 Å². The van der Waals surface area contributed by atoms with Crippen LogP contribution in [0.25, 0.3) is 11.5 Å². The molecule has 1 aliphatic carbocycles. The molecule has 1 aliphatic rings. The van der Waals surface area contributed by atoms with Crippen LogP contribution in [0.3, 0.4) is 0 Å². The number of hydrogen-bond acceptors (Lipinski definition) is 8. The summed E-state index contributed by atoms with van der Waals surface area (Å²) in [6.45, 7) is 3.94. The molecular formula is C22H26N6O2S. The highest BCUT2D eigenvalue weighted by Gasteiger charge is 2.27. The number of carbonyl (C=O) groups is 1. The van der Waals surface area contributed by atoms with Crippen molar-refractivity contribution in [2.75, 3.05) is 17.3 Å². The first kappa shape index (κ1) is 21.2. The monoisotopic (exact) mass is 438 g/mol. The minimum Gasteiger partial charge on any atom is -0.489 e. The van der Waals surface area contributed by atoms with E-state index in [0.717, 1.165) is 31.4 Å². The van der Waals surface area contributed by atoms with Gasteiger partial charge in [-0.3, -0.25) is 4.79 Å². The van der Waals surface area contributed by atoms with Crippen LogP contribution in [0.1, 0.15) is 39.5 Å². The lowest BCUT2D eigenvalue weighted by atomic mass is 10.1. The van der Waals surface area contributed by atoms with Crippen LogP contribution in [0.2, 0.25) is 0 Å². The number of pyridine rings is 2. The molecule has 0 unspecified atom stereocenters. The summed E-state index contributed by atoms with van der Waals surface area (Å²) in [6, 6.07) is 7.41. The van der Waals surface area contributed by atoms with Crippen LogP contribution < -0.4 is 15.0 Å². The number of carbonyl (C=O) groups excluding carboxylic acids is 1. The van der Waals surface area contributed by atoms with Gasteiger partial charge in [-0.15, -0.1) is 0 Å². The summed E-state index contributed by atoms with van der Waals surface area (Å²) in [5.74, 6) is 2.05. The predicted molar refractivity (Wildman–Crippen MR) is 122 cm³/mol. The van der Waals surface area contributed by atoms with Crippen molar-refractivity contribution in [3.8, 4) is 17.3 Å². The van der Waals surface area contributed by atoms with E-state index in [2.05, 4.69) is 24.6 Å². The van der Waals surface area contributed by atoms with Crippen molar-refractivity contribution < 1.29 is 9.53 Å². The molecule has 3 heterocycles. The van der Waals surface area contributed by atoms with Crippen molar-refractivity contribution in [3.05, 3.63) is 36.7 Å². The molecule has 1 N–H and O–H groups in total. The van der Waals surface area contributed by atoms with E-state index in [9.17, 15) is 4.79 Å². The lowest BCUT2D eigenvalue weighted by Crippen LogP contribution is -2.32. The number of rotatable bonds is 7. The average Bonchev–Trinajstić information content (AvgIpc) is 3.46. The van der Waals surface area contributed by atoms with E-state index in [-0.39, 0.29) is 17.9 Å². The second kappa shape index (κ2) is 9.38. The Kier molecular flexibility index (Phi) is 6.41. The molecule has 3 aromatic rings. The van der Waals surface area contributed by atoms with Gasteiger partial charge in [0, 0.05) is 30.7 Å². The first-order chi connectivity index (χ1) is 15.0. The van der Waals surface area contributed by atoms with E-state index in [4.69, 9.17) is 4.74 Å². The molecule has 0 radical (unpaired) electrons. The third-order valence-corrected chi connectivity index (χ3v) is 5.80. The maximum absolute atomic E-state index is 12.9. The van der Waals surface area contributed by atoms with Gasteiger partial charge in [0.05, 0.1) is 18.0 Å². The molecule has 0 saturated heterocycles. The van der Waals surface area contributed by atoms with E-state index in [1.165, 1.54) is 11.5 Å². The van der Waals surface area contributed by atoms with Gasteiger partial charge in [0.25, 0.3) is 0 Å². The van der Waals surface area contributed by atoms with Crippen LogP contribution in [-0.4, -0.2) is 38.4 Å². The van der Waals surface area contributed by atoms with Crippen molar-refractivity contribution in [1.82, 2.24) is 19.3 Å². The van der Waals surface area contributed by atoms with Gasteiger partial charge in [-0.05, 0) is 51.0 Å². The minimum absolute atomic E-state index is 0.0899. The summed E-state index contributed by atoms with van der Waals surface area (Å²) >= 11 is 1.22. The maximum Gasteiger partial charge on any atom is 0.229 e. The average molecular weight is 439 g/mol. The minimum atomic E-state index is 0.0899. The summed E-state index contributed by atoms with van der Waals surface area (Å²) in [5, 5.41) is 3.80. The number of nitrogens with one attached hydrogen (secondary N) is 1. The lowest BCUT2D eigenvalue weighted by molar-refractivity contribution is -0.121. The first-order valence-corrected chi connectivity index (χ1v) is 11.2. The van der Waals surface area contributed by atoms with Gasteiger partial charge in [-0.2, -0.15) is 9.36 Å². The molecule has 31 heavy (non-hydrogen) atoms. The van der Waals surface area contributed by atoms with Crippen LogP contribution in [0.15, 0.2) is 36.7 Å². The molecule has 3 aromatic heterocycles. The van der Waals surface area contributed by atoms with E-state index in [1.54, 1.807) is 24.3 Å². The Labute approximate surface area is 185 Å². The number of amides is 1. The Morgan fingerprint density at radius 1 is 1.23 bits per heavy atom. The summed E-state index contributed by atoms with van der Waals surface area (Å²) in [4.78, 5) is 27.9. The zero-order valence-electron chi connectivity index (χ0n) is 17.9. The van der Waals surface area contributed by atoms with Crippen LogP contribution in [0.5, 0.6) is 5.75 Å². The molecule has 4 rings (SSSR count). The summed E-state index contributed by atoms with van der Waals surface area (Å²) in [6.07, 6.45) is 7.61. The van der Waals surface area contributed by atoms with Crippen molar-refractivity contribution in [1.29, 1.82) is 0 Å². The molecule has 8 nitrogen and oxygen atoms in total. The highest BCUT2D eigenvalue weighted by molar-refractivity contribution is 7.09. The Morgan fingerprint density at radius 3 is 2.74 bits per heavy atom. The van der Waals surface area contributed by atoms with Crippen LogP contribution in [0, 0.1) is 5.92 Å². The van der Waals surface area contributed by atoms with Crippen molar-refractivity contribution in [2.24, 2.45) is 5.92 Å². The Bertz CT molecular complexity index is 1030. The van der Waals surface area contributed by atoms with E-state index in [0.29, 0.717) is 28.2 Å². The van der Waals surface area contributed by atoms with Crippen LogP contribution >= 0.6 is 11.5 Å². The molecule has 0 aromatic carbocycles. The number of aromatic nitrogens is 4. The fourth-order valence-electron chi connectivity index (χ4n) is 3.66. The smallest absolute Gasteiger partial charge is 0.229 e.